The molecule has 26 heavy (non-hydrogen) atoms. The molecule has 3 aromatic rings. The second-order valence-electron chi connectivity index (χ2n) is 6.47. The summed E-state index contributed by atoms with van der Waals surface area (Å²) < 4.78 is 2.71. The first-order chi connectivity index (χ1) is 12.6. The van der Waals surface area contributed by atoms with Gasteiger partial charge in [0.1, 0.15) is 12.1 Å². The van der Waals surface area contributed by atoms with Crippen molar-refractivity contribution in [3.05, 3.63) is 52.4 Å². The third kappa shape index (κ3) is 3.55. The van der Waals surface area contributed by atoms with Gasteiger partial charge in [-0.25, -0.2) is 4.98 Å². The van der Waals surface area contributed by atoms with Gasteiger partial charge < -0.3 is 10.6 Å². The molecule has 0 spiro atoms. The summed E-state index contributed by atoms with van der Waals surface area (Å²) in [5, 5.41) is 10.4. The number of hydrogen-bond acceptors (Lipinski definition) is 5. The number of amides is 1. The van der Waals surface area contributed by atoms with Crippen LogP contribution in [0.2, 0.25) is 0 Å². The number of nitrogens with one attached hydrogen (secondary N) is 2. The second-order valence-corrected chi connectivity index (χ2v) is 7.39. The number of fused-ring (bicyclic) bond motifs is 1. The van der Waals surface area contributed by atoms with Gasteiger partial charge >= 0.3 is 0 Å². The third-order valence-corrected chi connectivity index (χ3v) is 5.06. The molecule has 2 N–H and O–H groups in total. The molecule has 8 heteroatoms. The van der Waals surface area contributed by atoms with E-state index < -0.39 is 0 Å². The molecule has 7 nitrogen and oxygen atoms in total. The van der Waals surface area contributed by atoms with Crippen molar-refractivity contribution in [3.63, 3.8) is 0 Å². The molecule has 0 aliphatic heterocycles. The number of carbonyl (C=O) groups is 1. The normalized spacial score (nSPS) is 18.7. The maximum atomic E-state index is 12.3. The number of benzene rings is 1. The topological polar surface area (TPSA) is 84.2 Å². The van der Waals surface area contributed by atoms with Gasteiger partial charge in [-0.2, -0.15) is 14.6 Å². The molecule has 1 aliphatic rings. The van der Waals surface area contributed by atoms with Crippen molar-refractivity contribution < 1.29 is 4.79 Å². The Morgan fingerprint density at radius 1 is 1.31 bits per heavy atom. The number of carbonyl (C=O) groups excluding carboxylic acids is 1. The minimum atomic E-state index is 0.0846. The fraction of sp³-hybridized carbons (Fsp3) is 0.333. The highest BCUT2D eigenvalue weighted by Crippen LogP contribution is 2.47. The van der Waals surface area contributed by atoms with Crippen molar-refractivity contribution in [2.75, 3.05) is 18.4 Å². The van der Waals surface area contributed by atoms with Gasteiger partial charge in [-0.1, -0.05) is 28.1 Å². The van der Waals surface area contributed by atoms with E-state index in [1.54, 1.807) is 4.52 Å². The highest BCUT2D eigenvalue weighted by Gasteiger charge is 2.43. The zero-order valence-electron chi connectivity index (χ0n) is 14.3. The molecule has 2 heterocycles. The Labute approximate surface area is 159 Å². The number of hydrogen-bond donors (Lipinski definition) is 2. The lowest BCUT2D eigenvalue weighted by atomic mass is 10.1. The summed E-state index contributed by atoms with van der Waals surface area (Å²) in [6.07, 6.45) is 2.40. The SMILES string of the molecule is Cc1cc(NCCNC(=O)C2CC2c2ccc(Br)cc2)n2ncnc2n1. The van der Waals surface area contributed by atoms with E-state index >= 15 is 0 Å². The van der Waals surface area contributed by atoms with Crippen LogP contribution in [0.3, 0.4) is 0 Å². The van der Waals surface area contributed by atoms with Crippen LogP contribution in [0.4, 0.5) is 5.82 Å². The van der Waals surface area contributed by atoms with E-state index in [1.807, 2.05) is 25.1 Å². The van der Waals surface area contributed by atoms with E-state index in [9.17, 15) is 4.79 Å². The van der Waals surface area contributed by atoms with Crippen LogP contribution < -0.4 is 10.6 Å². The van der Waals surface area contributed by atoms with Crippen LogP contribution in [-0.2, 0) is 4.79 Å². The van der Waals surface area contributed by atoms with E-state index in [4.69, 9.17) is 0 Å². The molecular weight excluding hydrogens is 396 g/mol. The largest absolute Gasteiger partial charge is 0.368 e. The van der Waals surface area contributed by atoms with E-state index in [0.717, 1.165) is 22.4 Å². The molecule has 1 fully saturated rings. The van der Waals surface area contributed by atoms with Crippen LogP contribution in [0.25, 0.3) is 5.78 Å². The van der Waals surface area contributed by atoms with Crippen molar-refractivity contribution in [1.29, 1.82) is 0 Å². The van der Waals surface area contributed by atoms with Crippen molar-refractivity contribution in [1.82, 2.24) is 24.9 Å². The molecule has 0 bridgehead atoms. The Kier molecular flexibility index (Phi) is 4.58. The fourth-order valence-electron chi connectivity index (χ4n) is 3.13. The van der Waals surface area contributed by atoms with Gasteiger partial charge in [0.05, 0.1) is 0 Å². The molecule has 0 saturated heterocycles. The van der Waals surface area contributed by atoms with Crippen LogP contribution in [0.1, 0.15) is 23.6 Å². The van der Waals surface area contributed by atoms with E-state index in [-0.39, 0.29) is 11.8 Å². The van der Waals surface area contributed by atoms with Gasteiger partial charge in [0.2, 0.25) is 5.91 Å². The Balaban J connectivity index is 1.27. The minimum absolute atomic E-state index is 0.0846. The van der Waals surface area contributed by atoms with Crippen LogP contribution in [0.15, 0.2) is 41.1 Å². The molecule has 2 aromatic heterocycles. The molecular formula is C18H19BrN6O. The average molecular weight is 415 g/mol. The standard InChI is InChI=1S/C18H19BrN6O/c1-11-8-16(25-18(24-11)22-10-23-25)20-6-7-21-17(26)15-9-14(15)12-2-4-13(19)5-3-12/h2-5,8,10,14-15,20H,6-7,9H2,1H3,(H,21,26). The van der Waals surface area contributed by atoms with Gasteiger partial charge in [0.25, 0.3) is 5.78 Å². The number of halogens is 1. The first-order valence-corrected chi connectivity index (χ1v) is 9.35. The quantitative estimate of drug-likeness (QED) is 0.605. The molecule has 2 atom stereocenters. The third-order valence-electron chi connectivity index (χ3n) is 4.54. The van der Waals surface area contributed by atoms with Crippen LogP contribution in [-0.4, -0.2) is 38.6 Å². The Hall–Kier alpha value is -2.48. The smallest absolute Gasteiger partial charge is 0.254 e. The highest BCUT2D eigenvalue weighted by atomic mass is 79.9. The zero-order chi connectivity index (χ0) is 18.1. The number of rotatable bonds is 6. The van der Waals surface area contributed by atoms with Crippen LogP contribution >= 0.6 is 15.9 Å². The van der Waals surface area contributed by atoms with Gasteiger partial charge in [0.15, 0.2) is 0 Å². The van der Waals surface area contributed by atoms with Crippen LogP contribution in [0, 0.1) is 12.8 Å². The zero-order valence-corrected chi connectivity index (χ0v) is 15.9. The summed E-state index contributed by atoms with van der Waals surface area (Å²) in [5.41, 5.74) is 2.10. The van der Waals surface area contributed by atoms with E-state index in [1.165, 1.54) is 11.9 Å². The molecule has 4 rings (SSSR count). The minimum Gasteiger partial charge on any atom is -0.368 e. The average Bonchev–Trinajstić information content (AvgIpc) is 3.29. The summed E-state index contributed by atoms with van der Waals surface area (Å²) >= 11 is 3.44. The van der Waals surface area contributed by atoms with Gasteiger partial charge in [-0.15, -0.1) is 0 Å². The van der Waals surface area contributed by atoms with Crippen molar-refractivity contribution >= 4 is 33.4 Å². The Morgan fingerprint density at radius 2 is 2.12 bits per heavy atom. The molecule has 1 saturated carbocycles. The first-order valence-electron chi connectivity index (χ1n) is 8.56. The molecule has 0 radical (unpaired) electrons. The summed E-state index contributed by atoms with van der Waals surface area (Å²) in [7, 11) is 0. The molecule has 2 unspecified atom stereocenters. The van der Waals surface area contributed by atoms with Crippen molar-refractivity contribution in [3.8, 4) is 0 Å². The van der Waals surface area contributed by atoms with E-state index in [2.05, 4.69) is 53.8 Å². The Morgan fingerprint density at radius 3 is 2.92 bits per heavy atom. The Bertz CT molecular complexity index is 939. The maximum absolute atomic E-state index is 12.3. The molecule has 1 aliphatic carbocycles. The van der Waals surface area contributed by atoms with Crippen LogP contribution in [0.5, 0.6) is 0 Å². The molecule has 134 valence electrons. The number of anilines is 1. The van der Waals surface area contributed by atoms with E-state index in [0.29, 0.717) is 24.8 Å². The van der Waals surface area contributed by atoms with Gasteiger partial charge in [0, 0.05) is 35.2 Å². The van der Waals surface area contributed by atoms with Crippen molar-refractivity contribution in [2.45, 2.75) is 19.3 Å². The number of nitrogens with zero attached hydrogens (tertiary/aromatic N) is 4. The second kappa shape index (κ2) is 7.03. The summed E-state index contributed by atoms with van der Waals surface area (Å²) in [5.74, 6) is 1.93. The summed E-state index contributed by atoms with van der Waals surface area (Å²) in [6.45, 7) is 3.08. The van der Waals surface area contributed by atoms with Gasteiger partial charge in [-0.05, 0) is 37.0 Å². The summed E-state index contributed by atoms with van der Waals surface area (Å²) in [6, 6.07) is 10.1. The number of aryl methyl sites for hydroxylation is 1. The lowest BCUT2D eigenvalue weighted by Gasteiger charge is -2.09. The monoisotopic (exact) mass is 414 g/mol. The highest BCUT2D eigenvalue weighted by molar-refractivity contribution is 9.10. The lowest BCUT2D eigenvalue weighted by Crippen LogP contribution is -2.30. The fourth-order valence-corrected chi connectivity index (χ4v) is 3.39. The number of aromatic nitrogens is 4. The predicted octanol–water partition coefficient (Wildman–Crippen LogP) is 2.53. The molecule has 1 aromatic carbocycles. The summed E-state index contributed by atoms with van der Waals surface area (Å²) in [4.78, 5) is 20.7. The predicted molar refractivity (Wildman–Crippen MR) is 102 cm³/mol. The van der Waals surface area contributed by atoms with Crippen molar-refractivity contribution in [2.24, 2.45) is 5.92 Å². The lowest BCUT2D eigenvalue weighted by molar-refractivity contribution is -0.122. The first kappa shape index (κ1) is 17.0. The molecule has 1 amide bonds. The van der Waals surface area contributed by atoms with Gasteiger partial charge in [-0.3, -0.25) is 4.79 Å². The maximum Gasteiger partial charge on any atom is 0.254 e.